The lowest BCUT2D eigenvalue weighted by atomic mass is 10.1. The summed E-state index contributed by atoms with van der Waals surface area (Å²) >= 11 is 5.99. The second-order valence-corrected chi connectivity index (χ2v) is 9.52. The molecule has 0 aromatic heterocycles. The van der Waals surface area contributed by atoms with Crippen molar-refractivity contribution in [3.05, 3.63) is 34.6 Å². The van der Waals surface area contributed by atoms with E-state index in [0.717, 1.165) is 13.0 Å². The molecule has 25 heavy (non-hydrogen) atoms. The molecule has 2 heterocycles. The normalized spacial score (nSPS) is 30.4. The molecule has 1 saturated carbocycles. The third-order valence-electron chi connectivity index (χ3n) is 5.29. The van der Waals surface area contributed by atoms with Gasteiger partial charge in [-0.05, 0) is 48.9 Å². The van der Waals surface area contributed by atoms with Gasteiger partial charge in [0.15, 0.2) is 0 Å². The number of benzene rings is 1. The monoisotopic (exact) mass is 388 g/mol. The Kier molecular flexibility index (Phi) is 4.79. The Balaban J connectivity index is 1.37. The predicted octanol–water partition coefficient (Wildman–Crippen LogP) is 2.15. The van der Waals surface area contributed by atoms with Crippen LogP contribution in [0, 0.1) is 11.7 Å². The minimum atomic E-state index is -3.59. The van der Waals surface area contributed by atoms with Gasteiger partial charge in [-0.3, -0.25) is 4.90 Å². The van der Waals surface area contributed by atoms with E-state index in [4.69, 9.17) is 16.3 Å². The number of hydrogen-bond donors (Lipinski definition) is 1. The molecule has 0 spiro atoms. The summed E-state index contributed by atoms with van der Waals surface area (Å²) in [6.45, 7) is 2.27. The SMILES string of the molecule is O=S(=O)(Cc1cc(F)ccc1Cl)N[C@H]1C[C@H]2CO[C@@H](C3CC3)CN2C1. The van der Waals surface area contributed by atoms with Gasteiger partial charge in [-0.25, -0.2) is 17.5 Å². The van der Waals surface area contributed by atoms with Gasteiger partial charge in [-0.15, -0.1) is 0 Å². The molecule has 4 rings (SSSR count). The first-order chi connectivity index (χ1) is 11.9. The molecule has 1 N–H and O–H groups in total. The number of nitrogens with zero attached hydrogens (tertiary/aromatic N) is 1. The van der Waals surface area contributed by atoms with Crippen molar-refractivity contribution in [2.75, 3.05) is 19.7 Å². The Morgan fingerprint density at radius 1 is 1.32 bits per heavy atom. The topological polar surface area (TPSA) is 58.6 Å². The lowest BCUT2D eigenvalue weighted by Gasteiger charge is -2.35. The molecule has 0 amide bonds. The number of hydrogen-bond acceptors (Lipinski definition) is 4. The highest BCUT2D eigenvalue weighted by atomic mass is 35.5. The number of morpholine rings is 1. The summed E-state index contributed by atoms with van der Waals surface area (Å²) in [5.74, 6) is -0.117. The number of nitrogens with one attached hydrogen (secondary N) is 1. The Bertz CT molecular complexity index is 756. The quantitative estimate of drug-likeness (QED) is 0.839. The van der Waals surface area contributed by atoms with Crippen molar-refractivity contribution in [2.24, 2.45) is 5.92 Å². The molecule has 0 radical (unpaired) electrons. The van der Waals surface area contributed by atoms with E-state index < -0.39 is 15.8 Å². The molecule has 3 atom stereocenters. The van der Waals surface area contributed by atoms with Crippen LogP contribution in [-0.2, 0) is 20.5 Å². The molecule has 1 aromatic rings. The van der Waals surface area contributed by atoms with Crippen molar-refractivity contribution in [2.45, 2.75) is 43.2 Å². The average Bonchev–Trinajstić information content (AvgIpc) is 3.30. The highest BCUT2D eigenvalue weighted by Crippen LogP contribution is 2.38. The smallest absolute Gasteiger partial charge is 0.216 e. The first-order valence-corrected chi connectivity index (χ1v) is 10.7. The van der Waals surface area contributed by atoms with Crippen molar-refractivity contribution in [1.29, 1.82) is 0 Å². The maximum Gasteiger partial charge on any atom is 0.216 e. The minimum absolute atomic E-state index is 0.135. The Morgan fingerprint density at radius 2 is 2.12 bits per heavy atom. The summed E-state index contributed by atoms with van der Waals surface area (Å²) < 4.78 is 47.0. The maximum absolute atomic E-state index is 13.3. The minimum Gasteiger partial charge on any atom is -0.375 e. The first kappa shape index (κ1) is 17.7. The number of fused-ring (bicyclic) bond motifs is 1. The van der Waals surface area contributed by atoms with Gasteiger partial charge >= 0.3 is 0 Å². The van der Waals surface area contributed by atoms with E-state index in [9.17, 15) is 12.8 Å². The van der Waals surface area contributed by atoms with Crippen LogP contribution in [0.1, 0.15) is 24.8 Å². The second-order valence-electron chi connectivity index (χ2n) is 7.36. The van der Waals surface area contributed by atoms with E-state index in [-0.39, 0.29) is 28.4 Å². The lowest BCUT2D eigenvalue weighted by molar-refractivity contribution is -0.0581. The summed E-state index contributed by atoms with van der Waals surface area (Å²) in [6.07, 6.45) is 3.53. The zero-order chi connectivity index (χ0) is 17.6. The molecule has 138 valence electrons. The van der Waals surface area contributed by atoms with Gasteiger partial charge < -0.3 is 4.74 Å². The third-order valence-corrected chi connectivity index (χ3v) is 7.04. The molecule has 3 fully saturated rings. The molecule has 0 unspecified atom stereocenters. The fourth-order valence-corrected chi connectivity index (χ4v) is 5.57. The lowest BCUT2D eigenvalue weighted by Crippen LogP contribution is -2.47. The van der Waals surface area contributed by atoms with Crippen LogP contribution in [0.5, 0.6) is 0 Å². The Morgan fingerprint density at radius 3 is 2.88 bits per heavy atom. The van der Waals surface area contributed by atoms with E-state index in [1.54, 1.807) is 0 Å². The van der Waals surface area contributed by atoms with Crippen molar-refractivity contribution in [3.63, 3.8) is 0 Å². The zero-order valence-electron chi connectivity index (χ0n) is 13.8. The molecular weight excluding hydrogens is 367 g/mol. The van der Waals surface area contributed by atoms with Crippen LogP contribution in [0.2, 0.25) is 5.02 Å². The largest absolute Gasteiger partial charge is 0.375 e. The Hall–Kier alpha value is -0.730. The van der Waals surface area contributed by atoms with Crippen molar-refractivity contribution < 1.29 is 17.5 Å². The molecule has 1 aliphatic carbocycles. The highest BCUT2D eigenvalue weighted by molar-refractivity contribution is 7.88. The van der Waals surface area contributed by atoms with Gasteiger partial charge in [-0.2, -0.15) is 0 Å². The van der Waals surface area contributed by atoms with Crippen molar-refractivity contribution >= 4 is 21.6 Å². The van der Waals surface area contributed by atoms with Gasteiger partial charge in [-0.1, -0.05) is 11.6 Å². The summed E-state index contributed by atoms with van der Waals surface area (Å²) in [5.41, 5.74) is 0.280. The summed E-state index contributed by atoms with van der Waals surface area (Å²) in [6, 6.07) is 3.92. The van der Waals surface area contributed by atoms with Crippen LogP contribution >= 0.6 is 11.6 Å². The number of sulfonamides is 1. The number of ether oxygens (including phenoxy) is 1. The van der Waals surface area contributed by atoms with Gasteiger partial charge in [0.25, 0.3) is 0 Å². The molecular formula is C17H22ClFN2O3S. The molecule has 2 saturated heterocycles. The number of halogens is 2. The van der Waals surface area contributed by atoms with Crippen LogP contribution in [0.25, 0.3) is 0 Å². The standard InChI is InChI=1S/C17H22ClFN2O3S/c18-16-4-3-13(19)5-12(16)10-25(22,23)20-14-6-15-9-24-17(11-1-2-11)8-21(15)7-14/h3-5,11,14-15,17,20H,1-2,6-10H2/t14-,15-,17+/m0/s1. The van der Waals surface area contributed by atoms with E-state index in [2.05, 4.69) is 9.62 Å². The van der Waals surface area contributed by atoms with Crippen molar-refractivity contribution in [1.82, 2.24) is 9.62 Å². The average molecular weight is 389 g/mol. The van der Waals surface area contributed by atoms with Crippen molar-refractivity contribution in [3.8, 4) is 0 Å². The van der Waals surface area contributed by atoms with Crippen LogP contribution in [0.4, 0.5) is 4.39 Å². The van der Waals surface area contributed by atoms with Crippen LogP contribution in [0.15, 0.2) is 18.2 Å². The van der Waals surface area contributed by atoms with E-state index in [1.807, 2.05) is 0 Å². The summed E-state index contributed by atoms with van der Waals surface area (Å²) in [5, 5.41) is 0.260. The predicted molar refractivity (Wildman–Crippen MR) is 93.4 cm³/mol. The van der Waals surface area contributed by atoms with E-state index in [1.165, 1.54) is 31.0 Å². The summed E-state index contributed by atoms with van der Waals surface area (Å²) in [7, 11) is -3.59. The molecule has 2 aliphatic heterocycles. The second kappa shape index (κ2) is 6.78. The molecule has 0 bridgehead atoms. The molecule has 5 nitrogen and oxygen atoms in total. The zero-order valence-corrected chi connectivity index (χ0v) is 15.4. The van der Waals surface area contributed by atoms with Gasteiger partial charge in [0.2, 0.25) is 10.0 Å². The summed E-state index contributed by atoms with van der Waals surface area (Å²) in [4.78, 5) is 2.34. The highest BCUT2D eigenvalue weighted by Gasteiger charge is 2.43. The van der Waals surface area contributed by atoms with Crippen LogP contribution < -0.4 is 4.72 Å². The number of rotatable bonds is 5. The van der Waals surface area contributed by atoms with E-state index in [0.29, 0.717) is 25.2 Å². The van der Waals surface area contributed by atoms with Gasteiger partial charge in [0, 0.05) is 30.2 Å². The van der Waals surface area contributed by atoms with Crippen LogP contribution in [0.3, 0.4) is 0 Å². The maximum atomic E-state index is 13.3. The van der Waals surface area contributed by atoms with Crippen LogP contribution in [-0.4, -0.2) is 51.2 Å². The Labute approximate surface area is 152 Å². The molecule has 8 heteroatoms. The molecule has 1 aromatic carbocycles. The first-order valence-electron chi connectivity index (χ1n) is 8.69. The molecule has 3 aliphatic rings. The fraction of sp³-hybridized carbons (Fsp3) is 0.647. The fourth-order valence-electron chi connectivity index (χ4n) is 3.89. The van der Waals surface area contributed by atoms with Gasteiger partial charge in [0.05, 0.1) is 18.5 Å². The third kappa shape index (κ3) is 4.17. The van der Waals surface area contributed by atoms with E-state index >= 15 is 0 Å². The van der Waals surface area contributed by atoms with Gasteiger partial charge in [0.1, 0.15) is 5.82 Å².